The van der Waals surface area contributed by atoms with Crippen LogP contribution >= 0.6 is 0 Å². The van der Waals surface area contributed by atoms with Crippen molar-refractivity contribution < 1.29 is 0 Å². The number of rotatable bonds is 4. The highest BCUT2D eigenvalue weighted by Crippen LogP contribution is 2.47. The summed E-state index contributed by atoms with van der Waals surface area (Å²) in [6.07, 6.45) is 13.2. The molecule has 3 aliphatic rings. The van der Waals surface area contributed by atoms with E-state index >= 15 is 0 Å². The topological polar surface area (TPSA) is 0 Å². The summed E-state index contributed by atoms with van der Waals surface area (Å²) in [7, 11) is 0. The van der Waals surface area contributed by atoms with Crippen LogP contribution in [0.2, 0.25) is 0 Å². The first-order chi connectivity index (χ1) is 23.4. The van der Waals surface area contributed by atoms with E-state index < -0.39 is 0 Å². The molecule has 0 radical (unpaired) electrons. The predicted octanol–water partition coefficient (Wildman–Crippen LogP) is 13.5. The van der Waals surface area contributed by atoms with E-state index in [0.717, 1.165) is 0 Å². The van der Waals surface area contributed by atoms with E-state index in [9.17, 15) is 0 Å². The highest BCUT2D eigenvalue weighted by atomic mass is 14.4. The molecule has 0 spiro atoms. The third kappa shape index (κ3) is 6.33. The molecular formula is C50H64. The molecule has 8 bridgehead atoms. The molecule has 0 heteroatoms. The summed E-state index contributed by atoms with van der Waals surface area (Å²) in [5, 5.41) is 0. The molecule has 0 heterocycles. The van der Waals surface area contributed by atoms with Crippen molar-refractivity contribution in [2.75, 3.05) is 0 Å². The van der Waals surface area contributed by atoms with Crippen molar-refractivity contribution in [1.29, 1.82) is 0 Å². The van der Waals surface area contributed by atoms with Gasteiger partial charge in [0.25, 0.3) is 0 Å². The summed E-state index contributed by atoms with van der Waals surface area (Å²) >= 11 is 0. The number of fused-ring (bicyclic) bond motifs is 8. The van der Waals surface area contributed by atoms with Gasteiger partial charge in [0.15, 0.2) is 0 Å². The second-order valence-electron chi connectivity index (χ2n) is 19.9. The summed E-state index contributed by atoms with van der Waals surface area (Å²) in [6.45, 7) is 24.8. The average molecular weight is 665 g/mol. The zero-order valence-electron chi connectivity index (χ0n) is 33.2. The zero-order chi connectivity index (χ0) is 35.7. The molecule has 3 aliphatic carbocycles. The Morgan fingerprint density at radius 2 is 0.580 bits per heavy atom. The number of hydrogen-bond acceptors (Lipinski definition) is 0. The Morgan fingerprint density at radius 1 is 0.340 bits per heavy atom. The van der Waals surface area contributed by atoms with Crippen LogP contribution in [0.5, 0.6) is 0 Å². The third-order valence-corrected chi connectivity index (χ3v) is 14.4. The minimum absolute atomic E-state index is 0.134. The Bertz CT molecular complexity index is 1740. The summed E-state index contributed by atoms with van der Waals surface area (Å²) in [5.74, 6) is 0. The predicted molar refractivity (Wildman–Crippen MR) is 215 cm³/mol. The van der Waals surface area contributed by atoms with Crippen LogP contribution in [0.3, 0.4) is 0 Å². The highest BCUT2D eigenvalue weighted by molar-refractivity contribution is 5.53. The zero-order valence-corrected chi connectivity index (χ0v) is 33.2. The Hall–Kier alpha value is -3.12. The van der Waals surface area contributed by atoms with Crippen molar-refractivity contribution in [1.82, 2.24) is 0 Å². The number of hydrogen-bond donors (Lipinski definition) is 0. The summed E-state index contributed by atoms with van der Waals surface area (Å²) in [6, 6.07) is 34.6. The van der Waals surface area contributed by atoms with Gasteiger partial charge in [-0.3, -0.25) is 0 Å². The SMILES string of the molecule is CC1(Cc2cc3cc(c2)C(C)(C)c2cc(CC4(C)CCCC4)cc(c2)C(C)(C)c2cccc(c2)C(C)(C)c2cccc(c2)C3(C)C)CCCC1. The smallest absolute Gasteiger partial charge is 0.0146 e. The van der Waals surface area contributed by atoms with Gasteiger partial charge >= 0.3 is 0 Å². The summed E-state index contributed by atoms with van der Waals surface area (Å²) in [4.78, 5) is 0. The quantitative estimate of drug-likeness (QED) is 0.204. The van der Waals surface area contributed by atoms with Crippen LogP contribution in [0.25, 0.3) is 0 Å². The maximum atomic E-state index is 2.60. The monoisotopic (exact) mass is 665 g/mol. The van der Waals surface area contributed by atoms with Gasteiger partial charge in [0.2, 0.25) is 0 Å². The largest absolute Gasteiger partial charge is 0.0617 e. The highest BCUT2D eigenvalue weighted by Gasteiger charge is 2.36. The summed E-state index contributed by atoms with van der Waals surface area (Å²) in [5.41, 5.74) is 14.6. The first-order valence-corrected chi connectivity index (χ1v) is 19.9. The lowest BCUT2D eigenvalue weighted by Crippen LogP contribution is -2.28. The summed E-state index contributed by atoms with van der Waals surface area (Å²) < 4.78 is 0. The van der Waals surface area contributed by atoms with Gasteiger partial charge < -0.3 is 0 Å². The molecule has 50 heavy (non-hydrogen) atoms. The Kier molecular flexibility index (Phi) is 8.64. The van der Waals surface area contributed by atoms with Crippen molar-refractivity contribution >= 4 is 0 Å². The van der Waals surface area contributed by atoms with Gasteiger partial charge in [0.1, 0.15) is 0 Å². The minimum atomic E-state index is -0.155. The van der Waals surface area contributed by atoms with E-state index in [1.54, 1.807) is 0 Å². The fraction of sp³-hybridized carbons (Fsp3) is 0.520. The van der Waals surface area contributed by atoms with Crippen LogP contribution in [0.15, 0.2) is 84.9 Å². The molecule has 4 aromatic carbocycles. The fourth-order valence-electron chi connectivity index (χ4n) is 10.1. The van der Waals surface area contributed by atoms with Crippen molar-refractivity contribution in [2.24, 2.45) is 10.8 Å². The second kappa shape index (κ2) is 12.2. The molecule has 0 unspecified atom stereocenters. The Balaban J connectivity index is 1.50. The van der Waals surface area contributed by atoms with Gasteiger partial charge in [-0.25, -0.2) is 0 Å². The molecule has 0 nitrogen and oxygen atoms in total. The lowest BCUT2D eigenvalue weighted by atomic mass is 9.67. The molecule has 0 aromatic heterocycles. The van der Waals surface area contributed by atoms with Crippen LogP contribution < -0.4 is 0 Å². The van der Waals surface area contributed by atoms with E-state index in [1.807, 2.05) is 0 Å². The van der Waals surface area contributed by atoms with E-state index in [4.69, 9.17) is 0 Å². The lowest BCUT2D eigenvalue weighted by molar-refractivity contribution is 0.334. The van der Waals surface area contributed by atoms with Crippen LogP contribution in [0, 0.1) is 10.8 Å². The molecule has 0 aliphatic heterocycles. The van der Waals surface area contributed by atoms with Gasteiger partial charge in [-0.15, -0.1) is 0 Å². The van der Waals surface area contributed by atoms with E-state index in [-0.39, 0.29) is 21.7 Å². The van der Waals surface area contributed by atoms with Crippen molar-refractivity contribution in [3.05, 3.63) is 141 Å². The van der Waals surface area contributed by atoms with Crippen LogP contribution in [-0.4, -0.2) is 0 Å². The molecule has 0 saturated heterocycles. The first kappa shape index (κ1) is 35.3. The fourth-order valence-corrected chi connectivity index (χ4v) is 10.1. The molecule has 0 N–H and O–H groups in total. The second-order valence-corrected chi connectivity index (χ2v) is 19.9. The van der Waals surface area contributed by atoms with E-state index in [2.05, 4.69) is 154 Å². The van der Waals surface area contributed by atoms with Crippen molar-refractivity contribution in [3.63, 3.8) is 0 Å². The lowest BCUT2D eigenvalue weighted by Gasteiger charge is -2.36. The molecule has 0 atom stereocenters. The molecule has 2 saturated carbocycles. The first-order valence-electron chi connectivity index (χ1n) is 19.9. The molecule has 0 amide bonds. The Morgan fingerprint density at radius 3 is 0.880 bits per heavy atom. The standard InChI is InChI=1S/C50H64/c1-45(2)37-17-15-19-39(29-37)46(3,4)41-25-35(33-49(9)21-11-12-22-49)27-43(31-41)48(7,8)44-28-36(34-50(10)23-13-14-24-50)26-42(32-44)47(5,6)40-20-16-18-38(45)30-40/h15-20,25-32H,11-14,21-24,33-34H2,1-10H3. The van der Waals surface area contributed by atoms with Crippen LogP contribution in [0.4, 0.5) is 0 Å². The van der Waals surface area contributed by atoms with E-state index in [0.29, 0.717) is 10.8 Å². The van der Waals surface area contributed by atoms with Crippen molar-refractivity contribution in [3.8, 4) is 0 Å². The van der Waals surface area contributed by atoms with Gasteiger partial charge in [0, 0.05) is 21.7 Å². The van der Waals surface area contributed by atoms with Crippen LogP contribution in [0.1, 0.15) is 176 Å². The molecule has 4 aromatic rings. The molecule has 2 fully saturated rings. The normalized spacial score (nSPS) is 22.3. The molecule has 264 valence electrons. The number of benzene rings is 4. The van der Waals surface area contributed by atoms with Crippen LogP contribution in [-0.2, 0) is 34.5 Å². The maximum absolute atomic E-state index is 2.60. The van der Waals surface area contributed by atoms with Gasteiger partial charge in [-0.1, -0.05) is 180 Å². The Labute approximate surface area is 305 Å². The maximum Gasteiger partial charge on any atom is 0.0146 e. The molecule has 7 rings (SSSR count). The van der Waals surface area contributed by atoms with E-state index in [1.165, 1.54) is 120 Å². The minimum Gasteiger partial charge on any atom is -0.0617 e. The van der Waals surface area contributed by atoms with Gasteiger partial charge in [0.05, 0.1) is 0 Å². The third-order valence-electron chi connectivity index (χ3n) is 14.4. The van der Waals surface area contributed by atoms with Gasteiger partial charge in [-0.05, 0) is 105 Å². The molecular weight excluding hydrogens is 601 g/mol. The average Bonchev–Trinajstić information content (AvgIpc) is 3.71. The van der Waals surface area contributed by atoms with Gasteiger partial charge in [-0.2, -0.15) is 0 Å². The van der Waals surface area contributed by atoms with Crippen molar-refractivity contribution in [2.45, 2.75) is 155 Å².